The van der Waals surface area contributed by atoms with E-state index in [0.29, 0.717) is 17.4 Å². The van der Waals surface area contributed by atoms with Crippen molar-refractivity contribution in [2.75, 3.05) is 4.90 Å². The number of hydrogen-bond acceptors (Lipinski definition) is 4. The van der Waals surface area contributed by atoms with Crippen LogP contribution in [-0.2, 0) is 9.59 Å². The number of thioether (sulfide) groups is 1. The van der Waals surface area contributed by atoms with Gasteiger partial charge in [-0.15, -0.1) is 0 Å². The second-order valence-corrected chi connectivity index (χ2v) is 4.18. The Kier molecular flexibility index (Phi) is 2.97. The van der Waals surface area contributed by atoms with Crippen LogP contribution in [0.5, 0.6) is 0 Å². The predicted molar refractivity (Wildman–Crippen MR) is 62.6 cm³/mol. The van der Waals surface area contributed by atoms with E-state index in [-0.39, 0.29) is 4.91 Å². The summed E-state index contributed by atoms with van der Waals surface area (Å²) in [5, 5.41) is 8.07. The van der Waals surface area contributed by atoms with Gasteiger partial charge >= 0.3 is 5.97 Å². The van der Waals surface area contributed by atoms with E-state index >= 15 is 0 Å². The Bertz CT molecular complexity index is 524. The van der Waals surface area contributed by atoms with E-state index in [0.717, 1.165) is 11.0 Å². The minimum atomic E-state index is -1.25. The first-order chi connectivity index (χ1) is 8.09. The monoisotopic (exact) mass is 249 g/mol. The van der Waals surface area contributed by atoms with E-state index in [1.165, 1.54) is 0 Å². The number of carboxylic acids is 1. The van der Waals surface area contributed by atoms with Crippen LogP contribution in [0.2, 0.25) is 0 Å². The lowest BCUT2D eigenvalue weighted by molar-refractivity contribution is -0.131. The molecule has 1 aromatic rings. The number of imide groups is 1. The fourth-order valence-electron chi connectivity index (χ4n) is 1.38. The van der Waals surface area contributed by atoms with Gasteiger partial charge in [-0.05, 0) is 23.9 Å². The van der Waals surface area contributed by atoms with Gasteiger partial charge in [-0.3, -0.25) is 9.59 Å². The van der Waals surface area contributed by atoms with Crippen LogP contribution >= 0.6 is 11.8 Å². The van der Waals surface area contributed by atoms with Crippen LogP contribution in [0.15, 0.2) is 41.3 Å². The maximum atomic E-state index is 11.8. The van der Waals surface area contributed by atoms with Gasteiger partial charge in [0.1, 0.15) is 0 Å². The van der Waals surface area contributed by atoms with Crippen molar-refractivity contribution in [3.63, 3.8) is 0 Å². The quantitative estimate of drug-likeness (QED) is 0.809. The normalized spacial score (nSPS) is 17.9. The number of anilines is 1. The highest BCUT2D eigenvalue weighted by Gasteiger charge is 2.36. The average Bonchev–Trinajstić information content (AvgIpc) is 2.54. The molecule has 17 heavy (non-hydrogen) atoms. The molecule has 86 valence electrons. The Morgan fingerprint density at radius 1 is 1.24 bits per heavy atom. The third-order valence-corrected chi connectivity index (χ3v) is 2.93. The van der Waals surface area contributed by atoms with Gasteiger partial charge in [-0.2, -0.15) is 0 Å². The number of para-hydroxylation sites is 1. The molecule has 2 amide bonds. The molecule has 5 nitrogen and oxygen atoms in total. The van der Waals surface area contributed by atoms with Crippen molar-refractivity contribution in [2.45, 2.75) is 0 Å². The summed E-state index contributed by atoms with van der Waals surface area (Å²) in [6.45, 7) is 0. The van der Waals surface area contributed by atoms with Gasteiger partial charge in [0, 0.05) is 6.08 Å². The zero-order valence-corrected chi connectivity index (χ0v) is 9.31. The standard InChI is InChI=1S/C11H7NO4S/c13-9(14)6-8-10(15)12(11(16)17-8)7-4-2-1-3-5-7/h1-6H,(H,13,14). The van der Waals surface area contributed by atoms with Crippen LogP contribution in [0.25, 0.3) is 0 Å². The van der Waals surface area contributed by atoms with Crippen LogP contribution < -0.4 is 4.90 Å². The lowest BCUT2D eigenvalue weighted by atomic mass is 10.3. The number of carbonyl (C=O) groups excluding carboxylic acids is 2. The Hall–Kier alpha value is -2.08. The summed E-state index contributed by atoms with van der Waals surface area (Å²) < 4.78 is 0. The summed E-state index contributed by atoms with van der Waals surface area (Å²) in [5.74, 6) is -1.85. The lowest BCUT2D eigenvalue weighted by Gasteiger charge is -2.11. The second kappa shape index (κ2) is 4.42. The first-order valence-corrected chi connectivity index (χ1v) is 5.47. The molecule has 0 radical (unpaired) electrons. The summed E-state index contributed by atoms with van der Waals surface area (Å²) in [6, 6.07) is 8.37. The number of rotatable bonds is 2. The topological polar surface area (TPSA) is 74.7 Å². The van der Waals surface area contributed by atoms with E-state index in [9.17, 15) is 14.4 Å². The van der Waals surface area contributed by atoms with Crippen molar-refractivity contribution in [1.82, 2.24) is 0 Å². The molecule has 0 atom stereocenters. The largest absolute Gasteiger partial charge is 0.478 e. The number of carbonyl (C=O) groups is 3. The molecule has 0 unspecified atom stereocenters. The van der Waals surface area contributed by atoms with Crippen molar-refractivity contribution in [2.24, 2.45) is 0 Å². The van der Waals surface area contributed by atoms with Crippen molar-refractivity contribution < 1.29 is 19.5 Å². The molecule has 0 saturated carbocycles. The lowest BCUT2D eigenvalue weighted by Crippen LogP contribution is -2.27. The van der Waals surface area contributed by atoms with Crippen molar-refractivity contribution in [1.29, 1.82) is 0 Å². The highest BCUT2D eigenvalue weighted by molar-refractivity contribution is 8.18. The Morgan fingerprint density at radius 3 is 2.47 bits per heavy atom. The second-order valence-electron chi connectivity index (χ2n) is 3.19. The van der Waals surface area contributed by atoms with E-state index in [2.05, 4.69) is 0 Å². The molecular weight excluding hydrogens is 242 g/mol. The minimum absolute atomic E-state index is 0.0775. The van der Waals surface area contributed by atoms with E-state index in [4.69, 9.17) is 5.11 Å². The summed E-state index contributed by atoms with van der Waals surface area (Å²) in [6.07, 6.45) is 0.744. The van der Waals surface area contributed by atoms with Crippen molar-refractivity contribution in [3.05, 3.63) is 41.3 Å². The number of carboxylic acid groups (broad SMARTS) is 1. The van der Waals surface area contributed by atoms with Gasteiger partial charge in [0.05, 0.1) is 10.6 Å². The molecule has 1 aromatic carbocycles. The number of benzene rings is 1. The molecule has 2 rings (SSSR count). The molecule has 6 heteroatoms. The fourth-order valence-corrected chi connectivity index (χ4v) is 2.19. The van der Waals surface area contributed by atoms with Gasteiger partial charge in [0.15, 0.2) is 0 Å². The van der Waals surface area contributed by atoms with Crippen LogP contribution in [0.1, 0.15) is 0 Å². The van der Waals surface area contributed by atoms with Crippen LogP contribution in [0.4, 0.5) is 10.5 Å². The summed E-state index contributed by atoms with van der Waals surface area (Å²) in [5.41, 5.74) is 0.434. The molecule has 1 aliphatic rings. The number of amides is 2. The van der Waals surface area contributed by atoms with E-state index in [1.807, 2.05) is 0 Å². The molecule has 1 fully saturated rings. The number of hydrogen-bond donors (Lipinski definition) is 1. The van der Waals surface area contributed by atoms with Crippen LogP contribution in [0.3, 0.4) is 0 Å². The average molecular weight is 249 g/mol. The molecule has 1 heterocycles. The molecule has 1 aliphatic heterocycles. The number of nitrogens with zero attached hydrogens (tertiary/aromatic N) is 1. The number of aliphatic carboxylic acids is 1. The van der Waals surface area contributed by atoms with Crippen LogP contribution in [-0.4, -0.2) is 22.2 Å². The highest BCUT2D eigenvalue weighted by atomic mass is 32.2. The van der Waals surface area contributed by atoms with Gasteiger partial charge in [-0.1, -0.05) is 18.2 Å². The van der Waals surface area contributed by atoms with Gasteiger partial charge in [0.2, 0.25) is 0 Å². The van der Waals surface area contributed by atoms with Crippen molar-refractivity contribution >= 4 is 34.6 Å². The minimum Gasteiger partial charge on any atom is -0.478 e. The maximum absolute atomic E-state index is 11.8. The SMILES string of the molecule is O=C(O)C=C1SC(=O)N(c2ccccc2)C1=O. The Labute approximate surface area is 101 Å². The van der Waals surface area contributed by atoms with Gasteiger partial charge in [-0.25, -0.2) is 9.69 Å². The molecule has 0 aromatic heterocycles. The van der Waals surface area contributed by atoms with Gasteiger partial charge < -0.3 is 5.11 Å². The molecule has 0 aliphatic carbocycles. The third kappa shape index (κ3) is 2.21. The summed E-state index contributed by atoms with van der Waals surface area (Å²) in [4.78, 5) is 34.8. The highest BCUT2D eigenvalue weighted by Crippen LogP contribution is 2.34. The first-order valence-electron chi connectivity index (χ1n) is 4.65. The van der Waals surface area contributed by atoms with E-state index < -0.39 is 17.1 Å². The Balaban J connectivity index is 2.36. The predicted octanol–water partition coefficient (Wildman–Crippen LogP) is 1.85. The zero-order valence-electron chi connectivity index (χ0n) is 8.49. The molecule has 0 spiro atoms. The van der Waals surface area contributed by atoms with Crippen LogP contribution in [0, 0.1) is 0 Å². The molecule has 1 saturated heterocycles. The first kappa shape index (κ1) is 11.4. The fraction of sp³-hybridized carbons (Fsp3) is 0. The molecule has 0 bridgehead atoms. The van der Waals surface area contributed by atoms with E-state index in [1.54, 1.807) is 30.3 Å². The zero-order chi connectivity index (χ0) is 12.4. The smallest absolute Gasteiger partial charge is 0.329 e. The summed E-state index contributed by atoms with van der Waals surface area (Å²) >= 11 is 0.623. The molecule has 1 N–H and O–H groups in total. The van der Waals surface area contributed by atoms with Gasteiger partial charge in [0.25, 0.3) is 11.1 Å². The Morgan fingerprint density at radius 2 is 1.88 bits per heavy atom. The summed E-state index contributed by atoms with van der Waals surface area (Å²) in [7, 11) is 0. The maximum Gasteiger partial charge on any atom is 0.329 e. The van der Waals surface area contributed by atoms with Crippen molar-refractivity contribution in [3.8, 4) is 0 Å². The third-order valence-electron chi connectivity index (χ3n) is 2.06. The molecular formula is C11H7NO4S.